The lowest BCUT2D eigenvalue weighted by atomic mass is 9.94. The SMILES string of the molecule is Cc1ccc(C)c(C(O)c2ccc3c(c2)CC(C)O3)c1. The van der Waals surface area contributed by atoms with Crippen LogP contribution in [0.3, 0.4) is 0 Å². The molecule has 0 aromatic heterocycles. The standard InChI is InChI=1S/C18H20O2/c1-11-4-5-12(2)16(8-11)18(19)14-6-7-17-15(10-14)9-13(3)20-17/h4-8,10,13,18-19H,9H2,1-3H3. The van der Waals surface area contributed by atoms with Crippen molar-refractivity contribution in [2.75, 3.05) is 0 Å². The molecule has 1 N–H and O–H groups in total. The molecule has 1 aliphatic heterocycles. The summed E-state index contributed by atoms with van der Waals surface area (Å²) in [6.45, 7) is 6.16. The Hall–Kier alpha value is -1.80. The van der Waals surface area contributed by atoms with Crippen LogP contribution < -0.4 is 4.74 Å². The van der Waals surface area contributed by atoms with Gasteiger partial charge in [-0.1, -0.05) is 29.8 Å². The van der Waals surface area contributed by atoms with E-state index in [1.54, 1.807) is 0 Å². The first-order valence-corrected chi connectivity index (χ1v) is 7.09. The zero-order chi connectivity index (χ0) is 14.3. The summed E-state index contributed by atoms with van der Waals surface area (Å²) in [7, 11) is 0. The van der Waals surface area contributed by atoms with Crippen molar-refractivity contribution in [2.24, 2.45) is 0 Å². The molecule has 0 bridgehead atoms. The Morgan fingerprint density at radius 1 is 1.15 bits per heavy atom. The summed E-state index contributed by atoms with van der Waals surface area (Å²) in [6.07, 6.45) is 0.581. The lowest BCUT2D eigenvalue weighted by Gasteiger charge is -2.15. The molecule has 2 nitrogen and oxygen atoms in total. The van der Waals surface area contributed by atoms with E-state index in [0.29, 0.717) is 0 Å². The van der Waals surface area contributed by atoms with Gasteiger partial charge in [0, 0.05) is 6.42 Å². The van der Waals surface area contributed by atoms with Crippen molar-refractivity contribution in [2.45, 2.75) is 39.4 Å². The van der Waals surface area contributed by atoms with Crippen LogP contribution in [0.2, 0.25) is 0 Å². The van der Waals surface area contributed by atoms with Gasteiger partial charge in [-0.25, -0.2) is 0 Å². The molecule has 2 unspecified atom stereocenters. The third-order valence-corrected chi connectivity index (χ3v) is 3.97. The van der Waals surface area contributed by atoms with Gasteiger partial charge in [0.05, 0.1) is 0 Å². The Labute approximate surface area is 120 Å². The summed E-state index contributed by atoms with van der Waals surface area (Å²) in [4.78, 5) is 0. The number of rotatable bonds is 2. The molecule has 0 amide bonds. The Morgan fingerprint density at radius 3 is 2.75 bits per heavy atom. The maximum atomic E-state index is 10.7. The minimum Gasteiger partial charge on any atom is -0.490 e. The zero-order valence-corrected chi connectivity index (χ0v) is 12.2. The smallest absolute Gasteiger partial charge is 0.123 e. The lowest BCUT2D eigenvalue weighted by molar-refractivity contribution is 0.219. The van der Waals surface area contributed by atoms with Gasteiger partial charge in [0.15, 0.2) is 0 Å². The van der Waals surface area contributed by atoms with Crippen molar-refractivity contribution >= 4 is 0 Å². The minimum absolute atomic E-state index is 0.234. The lowest BCUT2D eigenvalue weighted by Crippen LogP contribution is -2.05. The first kappa shape index (κ1) is 13.2. The molecule has 104 valence electrons. The average molecular weight is 268 g/mol. The molecule has 1 aliphatic rings. The van der Waals surface area contributed by atoms with Crippen LogP contribution in [0, 0.1) is 13.8 Å². The summed E-state index contributed by atoms with van der Waals surface area (Å²) in [5.41, 5.74) is 5.41. The number of aliphatic hydroxyl groups excluding tert-OH is 1. The largest absolute Gasteiger partial charge is 0.490 e. The van der Waals surface area contributed by atoms with Gasteiger partial charge in [-0.3, -0.25) is 0 Å². The first-order chi connectivity index (χ1) is 9.54. The van der Waals surface area contributed by atoms with E-state index in [4.69, 9.17) is 4.74 Å². The van der Waals surface area contributed by atoms with Crippen LogP contribution in [0.4, 0.5) is 0 Å². The summed E-state index contributed by atoms with van der Waals surface area (Å²) < 4.78 is 5.71. The van der Waals surface area contributed by atoms with Crippen molar-refractivity contribution < 1.29 is 9.84 Å². The van der Waals surface area contributed by atoms with Crippen LogP contribution in [-0.4, -0.2) is 11.2 Å². The second kappa shape index (κ2) is 4.95. The predicted octanol–water partition coefficient (Wildman–Crippen LogP) is 3.71. The maximum Gasteiger partial charge on any atom is 0.123 e. The van der Waals surface area contributed by atoms with Gasteiger partial charge >= 0.3 is 0 Å². The fraction of sp³-hybridized carbons (Fsp3) is 0.333. The number of aryl methyl sites for hydroxylation is 2. The van der Waals surface area contributed by atoms with E-state index in [1.165, 1.54) is 11.1 Å². The molecule has 20 heavy (non-hydrogen) atoms. The molecular weight excluding hydrogens is 248 g/mol. The fourth-order valence-corrected chi connectivity index (χ4v) is 2.85. The molecule has 0 saturated carbocycles. The number of fused-ring (bicyclic) bond motifs is 1. The van der Waals surface area contributed by atoms with E-state index in [0.717, 1.165) is 28.9 Å². The quantitative estimate of drug-likeness (QED) is 0.899. The van der Waals surface area contributed by atoms with Crippen LogP contribution in [0.15, 0.2) is 36.4 Å². The van der Waals surface area contributed by atoms with Crippen molar-refractivity contribution in [1.29, 1.82) is 0 Å². The summed E-state index contributed by atoms with van der Waals surface area (Å²) in [6, 6.07) is 12.2. The van der Waals surface area contributed by atoms with Gasteiger partial charge in [-0.05, 0) is 55.2 Å². The number of hydrogen-bond acceptors (Lipinski definition) is 2. The van der Waals surface area contributed by atoms with Crippen molar-refractivity contribution in [3.8, 4) is 5.75 Å². The highest BCUT2D eigenvalue weighted by molar-refractivity contribution is 5.44. The molecule has 2 heteroatoms. The zero-order valence-electron chi connectivity index (χ0n) is 12.2. The summed E-state index contributed by atoms with van der Waals surface area (Å²) >= 11 is 0. The van der Waals surface area contributed by atoms with E-state index < -0.39 is 6.10 Å². The fourth-order valence-electron chi connectivity index (χ4n) is 2.85. The Morgan fingerprint density at radius 2 is 1.95 bits per heavy atom. The van der Waals surface area contributed by atoms with Crippen LogP contribution >= 0.6 is 0 Å². The Kier molecular flexibility index (Phi) is 3.27. The molecule has 0 aliphatic carbocycles. The third kappa shape index (κ3) is 2.32. The number of benzene rings is 2. The molecule has 0 spiro atoms. The molecular formula is C18H20O2. The maximum absolute atomic E-state index is 10.7. The van der Waals surface area contributed by atoms with Gasteiger partial charge in [-0.15, -0.1) is 0 Å². The van der Waals surface area contributed by atoms with E-state index in [2.05, 4.69) is 31.2 Å². The highest BCUT2D eigenvalue weighted by Crippen LogP contribution is 2.33. The number of ether oxygens (including phenoxy) is 1. The van der Waals surface area contributed by atoms with Crippen LogP contribution in [0.25, 0.3) is 0 Å². The normalized spacial score (nSPS) is 18.5. The minimum atomic E-state index is -0.573. The number of aliphatic hydroxyl groups is 1. The third-order valence-electron chi connectivity index (χ3n) is 3.97. The van der Waals surface area contributed by atoms with Gasteiger partial charge in [-0.2, -0.15) is 0 Å². The summed E-state index contributed by atoms with van der Waals surface area (Å²) in [5.74, 6) is 0.953. The van der Waals surface area contributed by atoms with Crippen molar-refractivity contribution in [3.05, 3.63) is 64.2 Å². The predicted molar refractivity (Wildman–Crippen MR) is 80.2 cm³/mol. The molecule has 1 heterocycles. The van der Waals surface area contributed by atoms with E-state index in [-0.39, 0.29) is 6.10 Å². The van der Waals surface area contributed by atoms with Gasteiger partial charge in [0.1, 0.15) is 18.0 Å². The van der Waals surface area contributed by atoms with E-state index in [1.807, 2.05) is 26.0 Å². The molecule has 0 fully saturated rings. The van der Waals surface area contributed by atoms with Crippen LogP contribution in [-0.2, 0) is 6.42 Å². The van der Waals surface area contributed by atoms with Crippen LogP contribution in [0.5, 0.6) is 5.75 Å². The highest BCUT2D eigenvalue weighted by Gasteiger charge is 2.21. The van der Waals surface area contributed by atoms with Gasteiger partial charge < -0.3 is 9.84 Å². The highest BCUT2D eigenvalue weighted by atomic mass is 16.5. The average Bonchev–Trinajstić information content (AvgIpc) is 2.79. The second-order valence-electron chi connectivity index (χ2n) is 5.76. The Bertz CT molecular complexity index is 646. The molecule has 3 rings (SSSR count). The first-order valence-electron chi connectivity index (χ1n) is 7.09. The molecule has 2 aromatic carbocycles. The van der Waals surface area contributed by atoms with Crippen molar-refractivity contribution in [3.63, 3.8) is 0 Å². The Balaban J connectivity index is 1.97. The summed E-state index contributed by atoms with van der Waals surface area (Å²) in [5, 5.41) is 10.7. The molecule has 0 saturated heterocycles. The van der Waals surface area contributed by atoms with Gasteiger partial charge in [0.25, 0.3) is 0 Å². The topological polar surface area (TPSA) is 29.5 Å². The van der Waals surface area contributed by atoms with E-state index >= 15 is 0 Å². The molecule has 0 radical (unpaired) electrons. The molecule has 2 aromatic rings. The molecule has 2 atom stereocenters. The monoisotopic (exact) mass is 268 g/mol. The van der Waals surface area contributed by atoms with E-state index in [9.17, 15) is 5.11 Å². The number of hydrogen-bond donors (Lipinski definition) is 1. The van der Waals surface area contributed by atoms with Crippen LogP contribution in [0.1, 0.15) is 40.8 Å². The van der Waals surface area contributed by atoms with Crippen molar-refractivity contribution in [1.82, 2.24) is 0 Å². The second-order valence-corrected chi connectivity index (χ2v) is 5.76. The van der Waals surface area contributed by atoms with Gasteiger partial charge in [0.2, 0.25) is 0 Å².